The second-order valence-electron chi connectivity index (χ2n) is 8.48. The van der Waals surface area contributed by atoms with Crippen LogP contribution in [-0.2, 0) is 0 Å². The van der Waals surface area contributed by atoms with Crippen LogP contribution >= 0.6 is 0 Å². The van der Waals surface area contributed by atoms with Crippen molar-refractivity contribution in [3.63, 3.8) is 0 Å². The molecule has 0 amide bonds. The molecule has 0 atom stereocenters. The smallest absolute Gasteiger partial charge is 0.241 e. The number of aromatic nitrogens is 6. The summed E-state index contributed by atoms with van der Waals surface area (Å²) in [5, 5.41) is 17.7. The van der Waals surface area contributed by atoms with Gasteiger partial charge in [0.05, 0.1) is 23.3 Å². The number of aliphatic hydroxyl groups excluding tert-OH is 1. The Morgan fingerprint density at radius 1 is 1.10 bits per heavy atom. The monoisotopic (exact) mass is 405 g/mol. The Labute approximate surface area is 175 Å². The normalized spacial score (nSPS) is 19.8. The van der Waals surface area contributed by atoms with Crippen LogP contribution in [0.4, 0.5) is 5.95 Å². The Morgan fingerprint density at radius 3 is 2.67 bits per heavy atom. The third kappa shape index (κ3) is 3.31. The molecular formula is C22H27N7O. The Hall–Kier alpha value is -3.00. The van der Waals surface area contributed by atoms with Crippen LogP contribution in [0.15, 0.2) is 30.7 Å². The number of nitrogens with one attached hydrogen (secondary N) is 1. The molecule has 0 radical (unpaired) electrons. The summed E-state index contributed by atoms with van der Waals surface area (Å²) < 4.78 is 4.07. The zero-order chi connectivity index (χ0) is 20.8. The quantitative estimate of drug-likeness (QED) is 0.537. The van der Waals surface area contributed by atoms with E-state index in [2.05, 4.69) is 55.9 Å². The Bertz CT molecular complexity index is 1200. The van der Waals surface area contributed by atoms with Crippen molar-refractivity contribution in [2.24, 2.45) is 0 Å². The molecule has 0 spiro atoms. The summed E-state index contributed by atoms with van der Waals surface area (Å²) in [5.41, 5.74) is 4.82. The number of aliphatic hydroxyl groups is 1. The van der Waals surface area contributed by atoms with Gasteiger partial charge in [0.15, 0.2) is 5.65 Å². The first-order valence-electron chi connectivity index (χ1n) is 10.6. The van der Waals surface area contributed by atoms with Crippen molar-refractivity contribution < 1.29 is 5.11 Å². The van der Waals surface area contributed by atoms with Crippen LogP contribution < -0.4 is 5.32 Å². The lowest BCUT2D eigenvalue weighted by molar-refractivity contribution is 0.126. The molecular weight excluding hydrogens is 378 g/mol. The molecule has 156 valence electrons. The molecule has 1 saturated carbocycles. The fraction of sp³-hybridized carbons (Fsp3) is 0.455. The minimum Gasteiger partial charge on any atom is -0.393 e. The highest BCUT2D eigenvalue weighted by atomic mass is 16.3. The van der Waals surface area contributed by atoms with Crippen molar-refractivity contribution in [3.05, 3.63) is 36.5 Å². The number of hydrogen-bond donors (Lipinski definition) is 2. The molecule has 0 aromatic carbocycles. The van der Waals surface area contributed by atoms with E-state index in [1.54, 1.807) is 0 Å². The summed E-state index contributed by atoms with van der Waals surface area (Å²) in [4.78, 5) is 13.7. The summed E-state index contributed by atoms with van der Waals surface area (Å²) in [5.74, 6) is 1.59. The van der Waals surface area contributed by atoms with Crippen molar-refractivity contribution in [1.29, 1.82) is 0 Å². The molecule has 0 bridgehead atoms. The number of imidazole rings is 1. The maximum absolute atomic E-state index is 9.69. The molecule has 4 heterocycles. The second kappa shape index (κ2) is 7.36. The summed E-state index contributed by atoms with van der Waals surface area (Å²) >= 11 is 0. The van der Waals surface area contributed by atoms with Crippen LogP contribution in [0.2, 0.25) is 0 Å². The minimum atomic E-state index is -0.166. The van der Waals surface area contributed by atoms with Crippen LogP contribution in [0, 0.1) is 6.92 Å². The van der Waals surface area contributed by atoms with E-state index >= 15 is 0 Å². The first kappa shape index (κ1) is 19.0. The van der Waals surface area contributed by atoms with Crippen molar-refractivity contribution in [1.82, 2.24) is 29.1 Å². The van der Waals surface area contributed by atoms with Crippen LogP contribution in [0.1, 0.15) is 51.4 Å². The topological polar surface area (TPSA) is 93.2 Å². The van der Waals surface area contributed by atoms with Gasteiger partial charge in [-0.15, -0.1) is 5.10 Å². The number of anilines is 1. The van der Waals surface area contributed by atoms with Gasteiger partial charge in [-0.3, -0.25) is 0 Å². The van der Waals surface area contributed by atoms with Crippen molar-refractivity contribution in [3.8, 4) is 11.1 Å². The van der Waals surface area contributed by atoms with Gasteiger partial charge in [-0.05, 0) is 58.6 Å². The molecule has 4 aromatic rings. The molecule has 0 unspecified atom stereocenters. The molecule has 30 heavy (non-hydrogen) atoms. The number of hydrogen-bond acceptors (Lipinski definition) is 6. The van der Waals surface area contributed by atoms with E-state index in [0.717, 1.165) is 59.3 Å². The van der Waals surface area contributed by atoms with E-state index in [9.17, 15) is 5.11 Å². The Morgan fingerprint density at radius 2 is 1.90 bits per heavy atom. The molecule has 1 aliphatic carbocycles. The highest BCUT2D eigenvalue weighted by Gasteiger charge is 2.20. The average molecular weight is 406 g/mol. The second-order valence-corrected chi connectivity index (χ2v) is 8.48. The standard InChI is InChI=1S/C22H27N7O/c1-13(2)29-14(3)25-21-19(29)10-15(11-23-21)18-8-9-28-20(18)12-24-22(27-28)26-16-4-6-17(30)7-5-16/h8-13,16-17,30H,4-7H2,1-3H3,(H,26,27). The number of fused-ring (bicyclic) bond motifs is 2. The van der Waals surface area contributed by atoms with Crippen LogP contribution in [-0.4, -0.2) is 46.4 Å². The number of pyridine rings is 1. The van der Waals surface area contributed by atoms with Gasteiger partial charge in [-0.1, -0.05) is 0 Å². The SMILES string of the molecule is Cc1nc2ncc(-c3ccn4nc(NC5CCC(O)CC5)ncc34)cc2n1C(C)C. The van der Waals surface area contributed by atoms with Gasteiger partial charge in [-0.2, -0.15) is 0 Å². The van der Waals surface area contributed by atoms with Gasteiger partial charge < -0.3 is 15.0 Å². The van der Waals surface area contributed by atoms with Gasteiger partial charge in [-0.25, -0.2) is 19.5 Å². The molecule has 2 N–H and O–H groups in total. The van der Waals surface area contributed by atoms with Crippen molar-refractivity contribution >= 4 is 22.6 Å². The van der Waals surface area contributed by atoms with E-state index in [0.29, 0.717) is 18.0 Å². The van der Waals surface area contributed by atoms with E-state index < -0.39 is 0 Å². The maximum Gasteiger partial charge on any atom is 0.241 e. The maximum atomic E-state index is 9.69. The molecule has 4 aromatic heterocycles. The first-order chi connectivity index (χ1) is 14.5. The van der Waals surface area contributed by atoms with Crippen molar-refractivity contribution in [2.45, 2.75) is 64.6 Å². The van der Waals surface area contributed by atoms with Gasteiger partial charge >= 0.3 is 0 Å². The summed E-state index contributed by atoms with van der Waals surface area (Å²) in [6.07, 6.45) is 9.05. The fourth-order valence-electron chi connectivity index (χ4n) is 4.50. The molecule has 1 aliphatic rings. The lowest BCUT2D eigenvalue weighted by atomic mass is 9.93. The van der Waals surface area contributed by atoms with Gasteiger partial charge in [0.2, 0.25) is 5.95 Å². The molecule has 5 rings (SSSR count). The number of nitrogens with zero attached hydrogens (tertiary/aromatic N) is 6. The van der Waals surface area contributed by atoms with Crippen LogP contribution in [0.5, 0.6) is 0 Å². The Balaban J connectivity index is 1.47. The molecule has 1 fully saturated rings. The Kier molecular flexibility index (Phi) is 4.66. The first-order valence-corrected chi connectivity index (χ1v) is 10.6. The minimum absolute atomic E-state index is 0.166. The highest BCUT2D eigenvalue weighted by Crippen LogP contribution is 2.29. The predicted molar refractivity (Wildman–Crippen MR) is 117 cm³/mol. The lowest BCUT2D eigenvalue weighted by Gasteiger charge is -2.26. The van der Waals surface area contributed by atoms with Gasteiger partial charge in [0.25, 0.3) is 0 Å². The van der Waals surface area contributed by atoms with E-state index in [1.165, 1.54) is 0 Å². The third-order valence-electron chi connectivity index (χ3n) is 6.00. The lowest BCUT2D eigenvalue weighted by Crippen LogP contribution is -2.29. The predicted octanol–water partition coefficient (Wildman–Crippen LogP) is 3.75. The fourth-order valence-corrected chi connectivity index (χ4v) is 4.50. The van der Waals surface area contributed by atoms with E-state index in [4.69, 9.17) is 0 Å². The summed E-state index contributed by atoms with van der Waals surface area (Å²) in [7, 11) is 0. The van der Waals surface area contributed by atoms with Crippen LogP contribution in [0.3, 0.4) is 0 Å². The van der Waals surface area contributed by atoms with E-state index in [1.807, 2.05) is 30.0 Å². The summed E-state index contributed by atoms with van der Waals surface area (Å²) in [6, 6.07) is 4.83. The van der Waals surface area contributed by atoms with Gasteiger partial charge in [0, 0.05) is 35.6 Å². The zero-order valence-corrected chi connectivity index (χ0v) is 17.6. The van der Waals surface area contributed by atoms with Gasteiger partial charge in [0.1, 0.15) is 5.82 Å². The molecule has 0 aliphatic heterocycles. The summed E-state index contributed by atoms with van der Waals surface area (Å²) in [6.45, 7) is 6.33. The molecule has 8 nitrogen and oxygen atoms in total. The highest BCUT2D eigenvalue weighted by molar-refractivity contribution is 5.85. The third-order valence-corrected chi connectivity index (χ3v) is 6.00. The average Bonchev–Trinajstić information content (AvgIpc) is 3.28. The van der Waals surface area contributed by atoms with Crippen molar-refractivity contribution in [2.75, 3.05) is 5.32 Å². The number of rotatable bonds is 4. The number of aryl methyl sites for hydroxylation is 1. The zero-order valence-electron chi connectivity index (χ0n) is 17.6. The molecule has 8 heteroatoms. The van der Waals surface area contributed by atoms with E-state index in [-0.39, 0.29) is 6.10 Å². The molecule has 0 saturated heterocycles. The largest absolute Gasteiger partial charge is 0.393 e. The van der Waals surface area contributed by atoms with Crippen LogP contribution in [0.25, 0.3) is 27.8 Å².